The molecule has 1 amide bonds. The molecule has 0 saturated heterocycles. The summed E-state index contributed by atoms with van der Waals surface area (Å²) in [4.78, 5) is 12.3. The fourth-order valence-electron chi connectivity index (χ4n) is 3.63. The molecule has 2 N–H and O–H groups in total. The molecule has 3 unspecified atom stereocenters. The topological polar surface area (TPSA) is 115 Å². The van der Waals surface area contributed by atoms with E-state index < -0.39 is 5.91 Å². The van der Waals surface area contributed by atoms with E-state index in [0.717, 1.165) is 18.2 Å². The number of carbonyl (C=O) groups excluding carboxylic acids is 1. The second kappa shape index (κ2) is 6.90. The Balaban J connectivity index is 1.60. The standard InChI is InChI=1S/C18H21N5O4/c1-9-4-10(2)12(5-9)26-15-8-13-11(6-14(15)25-3)7-16(27-13)17(24)19-18-20-22-23-21-18/h6-10,12H,4-5H2,1-3H3,(H2,19,20,21,22,23,24). The van der Waals surface area contributed by atoms with E-state index in [1.807, 2.05) is 6.07 Å². The number of hydrogen-bond donors (Lipinski definition) is 2. The summed E-state index contributed by atoms with van der Waals surface area (Å²) in [5, 5.41) is 16.3. The number of amides is 1. The number of ether oxygens (including phenoxy) is 2. The number of tetrazole rings is 1. The number of methoxy groups -OCH3 is 1. The number of aromatic nitrogens is 4. The van der Waals surface area contributed by atoms with Crippen molar-refractivity contribution < 1.29 is 18.7 Å². The molecule has 1 saturated carbocycles. The van der Waals surface area contributed by atoms with Crippen LogP contribution in [0.25, 0.3) is 11.0 Å². The number of hydrogen-bond acceptors (Lipinski definition) is 7. The Kier molecular flexibility index (Phi) is 4.43. The Morgan fingerprint density at radius 3 is 2.78 bits per heavy atom. The van der Waals surface area contributed by atoms with Gasteiger partial charge in [-0.25, -0.2) is 0 Å². The van der Waals surface area contributed by atoms with Crippen molar-refractivity contribution in [2.45, 2.75) is 32.8 Å². The number of rotatable bonds is 5. The van der Waals surface area contributed by atoms with E-state index in [0.29, 0.717) is 28.9 Å². The minimum absolute atomic E-state index is 0.0754. The van der Waals surface area contributed by atoms with Crippen LogP contribution in [0.3, 0.4) is 0 Å². The van der Waals surface area contributed by atoms with Crippen molar-refractivity contribution in [3.05, 3.63) is 24.0 Å². The van der Waals surface area contributed by atoms with E-state index in [4.69, 9.17) is 13.9 Å². The Hall–Kier alpha value is -3.10. The number of nitrogens with zero attached hydrogens (tertiary/aromatic N) is 3. The van der Waals surface area contributed by atoms with Gasteiger partial charge in [0.15, 0.2) is 17.3 Å². The molecule has 1 aromatic carbocycles. The minimum atomic E-state index is -0.465. The normalized spacial score (nSPS) is 22.1. The highest BCUT2D eigenvalue weighted by Crippen LogP contribution is 2.39. The monoisotopic (exact) mass is 371 g/mol. The number of aromatic amines is 1. The van der Waals surface area contributed by atoms with Gasteiger partial charge in [-0.15, -0.1) is 5.10 Å². The Labute approximate surface area is 155 Å². The number of nitrogens with one attached hydrogen (secondary N) is 2. The summed E-state index contributed by atoms with van der Waals surface area (Å²) in [6.07, 6.45) is 2.30. The molecule has 3 atom stereocenters. The van der Waals surface area contributed by atoms with Crippen molar-refractivity contribution in [2.75, 3.05) is 12.4 Å². The number of furan rings is 1. The number of H-pyrrole nitrogens is 1. The van der Waals surface area contributed by atoms with Crippen LogP contribution < -0.4 is 14.8 Å². The highest BCUT2D eigenvalue weighted by molar-refractivity contribution is 6.03. The average molecular weight is 371 g/mol. The second-order valence-corrected chi connectivity index (χ2v) is 7.05. The maximum Gasteiger partial charge on any atom is 0.293 e. The predicted molar refractivity (Wildman–Crippen MR) is 96.9 cm³/mol. The molecule has 0 aliphatic heterocycles. The van der Waals surface area contributed by atoms with Gasteiger partial charge < -0.3 is 13.9 Å². The first-order chi connectivity index (χ1) is 13.0. The van der Waals surface area contributed by atoms with Gasteiger partial charge in [-0.05, 0) is 42.0 Å². The van der Waals surface area contributed by atoms with Crippen molar-refractivity contribution in [3.63, 3.8) is 0 Å². The summed E-state index contributed by atoms with van der Waals surface area (Å²) >= 11 is 0. The second-order valence-electron chi connectivity index (χ2n) is 7.05. The molecule has 142 valence electrons. The Bertz CT molecular complexity index is 952. The summed E-state index contributed by atoms with van der Waals surface area (Å²) in [5.41, 5.74) is 0.544. The number of carbonyl (C=O) groups is 1. The Morgan fingerprint density at radius 2 is 2.11 bits per heavy atom. The fraction of sp³-hybridized carbons (Fsp3) is 0.444. The first kappa shape index (κ1) is 17.3. The van der Waals surface area contributed by atoms with Crippen LogP contribution >= 0.6 is 0 Å². The van der Waals surface area contributed by atoms with Crippen molar-refractivity contribution >= 4 is 22.8 Å². The molecule has 2 heterocycles. The summed E-state index contributed by atoms with van der Waals surface area (Å²) in [6, 6.07) is 5.22. The van der Waals surface area contributed by atoms with Gasteiger partial charge in [-0.1, -0.05) is 18.9 Å². The highest BCUT2D eigenvalue weighted by Gasteiger charge is 2.31. The van der Waals surface area contributed by atoms with E-state index in [-0.39, 0.29) is 17.8 Å². The molecule has 9 heteroatoms. The van der Waals surface area contributed by atoms with Crippen LogP contribution in [0.15, 0.2) is 22.6 Å². The van der Waals surface area contributed by atoms with Crippen LogP contribution in [0.4, 0.5) is 5.95 Å². The highest BCUT2D eigenvalue weighted by atomic mass is 16.5. The minimum Gasteiger partial charge on any atom is -0.493 e. The fourth-order valence-corrected chi connectivity index (χ4v) is 3.63. The maximum absolute atomic E-state index is 12.3. The lowest BCUT2D eigenvalue weighted by Gasteiger charge is -2.19. The van der Waals surface area contributed by atoms with Crippen LogP contribution in [0.1, 0.15) is 37.2 Å². The smallest absolute Gasteiger partial charge is 0.293 e. The average Bonchev–Trinajstić information content (AvgIpc) is 3.35. The molecule has 9 nitrogen and oxygen atoms in total. The van der Waals surface area contributed by atoms with E-state index in [1.54, 1.807) is 19.2 Å². The van der Waals surface area contributed by atoms with Gasteiger partial charge in [0.05, 0.1) is 7.11 Å². The molecular formula is C18H21N5O4. The SMILES string of the molecule is COc1cc2cc(C(=O)Nc3nn[nH]n3)oc2cc1OC1CC(C)CC1C. The van der Waals surface area contributed by atoms with Crippen LogP contribution in [0.5, 0.6) is 11.5 Å². The molecule has 3 aromatic rings. The zero-order valence-corrected chi connectivity index (χ0v) is 15.4. The third kappa shape index (κ3) is 3.44. The quantitative estimate of drug-likeness (QED) is 0.708. The van der Waals surface area contributed by atoms with Gasteiger partial charge in [-0.2, -0.15) is 5.21 Å². The lowest BCUT2D eigenvalue weighted by molar-refractivity contribution is 0.0997. The van der Waals surface area contributed by atoms with Gasteiger partial charge in [0.25, 0.3) is 11.9 Å². The van der Waals surface area contributed by atoms with E-state index in [9.17, 15) is 4.79 Å². The van der Waals surface area contributed by atoms with Crippen molar-refractivity contribution in [1.29, 1.82) is 0 Å². The molecule has 1 fully saturated rings. The van der Waals surface area contributed by atoms with E-state index in [1.165, 1.54) is 0 Å². The molecule has 4 rings (SSSR count). The molecule has 27 heavy (non-hydrogen) atoms. The van der Waals surface area contributed by atoms with Gasteiger partial charge in [0.1, 0.15) is 11.7 Å². The zero-order valence-electron chi connectivity index (χ0n) is 15.4. The lowest BCUT2D eigenvalue weighted by atomic mass is 10.1. The molecule has 2 aromatic heterocycles. The number of fused-ring (bicyclic) bond motifs is 1. The number of anilines is 1. The third-order valence-electron chi connectivity index (χ3n) is 4.92. The van der Waals surface area contributed by atoms with Crippen molar-refractivity contribution in [2.24, 2.45) is 11.8 Å². The summed E-state index contributed by atoms with van der Waals surface area (Å²) in [7, 11) is 1.60. The predicted octanol–water partition coefficient (Wildman–Crippen LogP) is 3.02. The van der Waals surface area contributed by atoms with E-state index in [2.05, 4.69) is 39.8 Å². The summed E-state index contributed by atoms with van der Waals surface area (Å²) in [5.74, 6) is 2.10. The van der Waals surface area contributed by atoms with E-state index >= 15 is 0 Å². The molecular weight excluding hydrogens is 350 g/mol. The zero-order chi connectivity index (χ0) is 19.0. The number of benzene rings is 1. The third-order valence-corrected chi connectivity index (χ3v) is 4.92. The van der Waals surface area contributed by atoms with Crippen molar-refractivity contribution in [1.82, 2.24) is 20.6 Å². The molecule has 0 bridgehead atoms. The van der Waals surface area contributed by atoms with Gasteiger partial charge in [0, 0.05) is 11.5 Å². The first-order valence-corrected chi connectivity index (χ1v) is 8.86. The maximum atomic E-state index is 12.3. The Morgan fingerprint density at radius 1 is 1.26 bits per heavy atom. The van der Waals surface area contributed by atoms with Crippen LogP contribution in [-0.2, 0) is 0 Å². The van der Waals surface area contributed by atoms with Crippen molar-refractivity contribution in [3.8, 4) is 11.5 Å². The first-order valence-electron chi connectivity index (χ1n) is 8.86. The van der Waals surface area contributed by atoms with Gasteiger partial charge in [0.2, 0.25) is 0 Å². The summed E-state index contributed by atoms with van der Waals surface area (Å²) in [6.45, 7) is 4.44. The molecule has 1 aliphatic carbocycles. The lowest BCUT2D eigenvalue weighted by Crippen LogP contribution is -2.19. The van der Waals surface area contributed by atoms with Crippen LogP contribution in [-0.4, -0.2) is 39.7 Å². The van der Waals surface area contributed by atoms with Gasteiger partial charge >= 0.3 is 0 Å². The largest absolute Gasteiger partial charge is 0.493 e. The molecule has 0 spiro atoms. The van der Waals surface area contributed by atoms with Gasteiger partial charge in [-0.3, -0.25) is 10.1 Å². The molecule has 1 aliphatic rings. The van der Waals surface area contributed by atoms with Crippen LogP contribution in [0.2, 0.25) is 0 Å². The summed E-state index contributed by atoms with van der Waals surface area (Å²) < 4.78 is 17.4. The molecule has 0 radical (unpaired) electrons. The van der Waals surface area contributed by atoms with Crippen LogP contribution in [0, 0.1) is 11.8 Å².